The lowest BCUT2D eigenvalue weighted by Crippen LogP contribution is -2.13. The molecule has 1 heterocycles. The molecule has 0 aliphatic heterocycles. The van der Waals surface area contributed by atoms with Crippen LogP contribution in [0.25, 0.3) is 0 Å². The largest absolute Gasteiger partial charge is 0.477 e. The van der Waals surface area contributed by atoms with E-state index >= 15 is 0 Å². The van der Waals surface area contributed by atoms with Crippen LogP contribution in [0.5, 0.6) is 5.88 Å². The summed E-state index contributed by atoms with van der Waals surface area (Å²) in [6.45, 7) is 11.8. The second-order valence-corrected chi connectivity index (χ2v) is 5.73. The highest BCUT2D eigenvalue weighted by Crippen LogP contribution is 2.23. The number of pyridine rings is 1. The molecule has 0 bridgehead atoms. The van der Waals surface area contributed by atoms with E-state index < -0.39 is 0 Å². The predicted octanol–water partition coefficient (Wildman–Crippen LogP) is 2.97. The Morgan fingerprint density at radius 2 is 1.94 bits per heavy atom. The molecule has 0 unspecified atom stereocenters. The van der Waals surface area contributed by atoms with E-state index in [2.05, 4.69) is 25.8 Å². The summed E-state index contributed by atoms with van der Waals surface area (Å²) in [5.41, 5.74) is 9.17. The molecule has 0 spiro atoms. The van der Waals surface area contributed by atoms with Gasteiger partial charge in [0.2, 0.25) is 5.88 Å². The van der Waals surface area contributed by atoms with Crippen molar-refractivity contribution >= 4 is 0 Å². The fraction of sp³-hybridized carbons (Fsp3) is 0.643. The first-order valence-corrected chi connectivity index (χ1v) is 6.13. The van der Waals surface area contributed by atoms with Gasteiger partial charge in [0.15, 0.2) is 0 Å². The second-order valence-electron chi connectivity index (χ2n) is 5.73. The fourth-order valence-electron chi connectivity index (χ4n) is 1.65. The molecule has 3 nitrogen and oxygen atoms in total. The van der Waals surface area contributed by atoms with Gasteiger partial charge in [0.05, 0.1) is 6.61 Å². The van der Waals surface area contributed by atoms with Crippen LogP contribution in [0.4, 0.5) is 0 Å². The standard InChI is InChI=1S/C14H24N2O/c1-10-8-11(2)16-13(12(10)9-15)17-7-6-14(3,4)5/h8H,6-7,9,15H2,1-5H3. The highest BCUT2D eigenvalue weighted by Gasteiger charge is 2.12. The molecular weight excluding hydrogens is 212 g/mol. The Morgan fingerprint density at radius 3 is 2.47 bits per heavy atom. The van der Waals surface area contributed by atoms with Gasteiger partial charge in [0.1, 0.15) is 0 Å². The number of hydrogen-bond donors (Lipinski definition) is 1. The Bertz CT molecular complexity index is 381. The first-order valence-electron chi connectivity index (χ1n) is 6.13. The molecule has 17 heavy (non-hydrogen) atoms. The fourth-order valence-corrected chi connectivity index (χ4v) is 1.65. The summed E-state index contributed by atoms with van der Waals surface area (Å²) < 4.78 is 5.77. The molecule has 0 aliphatic carbocycles. The third-order valence-corrected chi connectivity index (χ3v) is 2.73. The van der Waals surface area contributed by atoms with Crippen LogP contribution in [-0.4, -0.2) is 11.6 Å². The molecule has 0 fully saturated rings. The zero-order chi connectivity index (χ0) is 13.1. The van der Waals surface area contributed by atoms with Crippen LogP contribution in [0.3, 0.4) is 0 Å². The lowest BCUT2D eigenvalue weighted by molar-refractivity contribution is 0.234. The first-order chi connectivity index (χ1) is 7.83. The van der Waals surface area contributed by atoms with Gasteiger partial charge in [0.25, 0.3) is 0 Å². The van der Waals surface area contributed by atoms with Crippen LogP contribution in [0, 0.1) is 19.3 Å². The maximum absolute atomic E-state index is 5.77. The van der Waals surface area contributed by atoms with Crippen molar-refractivity contribution in [1.82, 2.24) is 4.98 Å². The molecule has 3 heteroatoms. The second kappa shape index (κ2) is 5.50. The molecule has 0 saturated carbocycles. The average molecular weight is 236 g/mol. The number of rotatable bonds is 4. The molecule has 2 N–H and O–H groups in total. The average Bonchev–Trinajstić information content (AvgIpc) is 2.14. The van der Waals surface area contributed by atoms with E-state index in [4.69, 9.17) is 10.5 Å². The van der Waals surface area contributed by atoms with Crippen LogP contribution in [0.2, 0.25) is 0 Å². The highest BCUT2D eigenvalue weighted by atomic mass is 16.5. The number of aromatic nitrogens is 1. The number of hydrogen-bond acceptors (Lipinski definition) is 3. The van der Waals surface area contributed by atoms with Crippen LogP contribution in [0.1, 0.15) is 44.0 Å². The Hall–Kier alpha value is -1.09. The number of aryl methyl sites for hydroxylation is 2. The van der Waals surface area contributed by atoms with Crippen molar-refractivity contribution in [2.24, 2.45) is 11.1 Å². The van der Waals surface area contributed by atoms with E-state index in [9.17, 15) is 0 Å². The summed E-state index contributed by atoms with van der Waals surface area (Å²) in [7, 11) is 0. The molecule has 0 radical (unpaired) electrons. The van der Waals surface area contributed by atoms with Gasteiger partial charge in [-0.2, -0.15) is 0 Å². The van der Waals surface area contributed by atoms with Gasteiger partial charge >= 0.3 is 0 Å². The lowest BCUT2D eigenvalue weighted by atomic mass is 9.93. The third-order valence-electron chi connectivity index (χ3n) is 2.73. The number of nitrogens with two attached hydrogens (primary N) is 1. The maximum atomic E-state index is 5.77. The minimum absolute atomic E-state index is 0.280. The molecule has 0 saturated heterocycles. The number of ether oxygens (including phenoxy) is 1. The highest BCUT2D eigenvalue weighted by molar-refractivity contribution is 5.35. The molecule has 1 aromatic heterocycles. The van der Waals surface area contributed by atoms with Gasteiger partial charge in [-0.25, -0.2) is 4.98 Å². The summed E-state index contributed by atoms with van der Waals surface area (Å²) in [6, 6.07) is 2.04. The summed E-state index contributed by atoms with van der Waals surface area (Å²) in [5.74, 6) is 0.703. The van der Waals surface area contributed by atoms with Crippen molar-refractivity contribution in [1.29, 1.82) is 0 Å². The van der Waals surface area contributed by atoms with Gasteiger partial charge in [-0.05, 0) is 37.3 Å². The topological polar surface area (TPSA) is 48.1 Å². The smallest absolute Gasteiger partial charge is 0.218 e. The Balaban J connectivity index is 2.76. The Morgan fingerprint density at radius 1 is 1.29 bits per heavy atom. The normalized spacial score (nSPS) is 11.6. The predicted molar refractivity (Wildman–Crippen MR) is 71.2 cm³/mol. The van der Waals surface area contributed by atoms with E-state index in [0.29, 0.717) is 19.0 Å². The quantitative estimate of drug-likeness (QED) is 0.874. The van der Waals surface area contributed by atoms with Crippen molar-refractivity contribution in [2.75, 3.05) is 6.61 Å². The van der Waals surface area contributed by atoms with Crippen molar-refractivity contribution in [3.8, 4) is 5.88 Å². The molecular formula is C14H24N2O. The maximum Gasteiger partial charge on any atom is 0.218 e. The molecule has 96 valence electrons. The number of nitrogens with zero attached hydrogens (tertiary/aromatic N) is 1. The molecule has 1 rings (SSSR count). The zero-order valence-corrected chi connectivity index (χ0v) is 11.6. The van der Waals surface area contributed by atoms with E-state index in [1.165, 1.54) is 0 Å². The van der Waals surface area contributed by atoms with Crippen LogP contribution < -0.4 is 10.5 Å². The van der Waals surface area contributed by atoms with E-state index in [1.54, 1.807) is 0 Å². The summed E-state index contributed by atoms with van der Waals surface area (Å²) in [5, 5.41) is 0. The Labute approximate surface area is 104 Å². The van der Waals surface area contributed by atoms with Crippen LogP contribution in [-0.2, 0) is 6.54 Å². The monoisotopic (exact) mass is 236 g/mol. The van der Waals surface area contributed by atoms with Gasteiger partial charge in [-0.3, -0.25) is 0 Å². The van der Waals surface area contributed by atoms with Crippen molar-refractivity contribution in [3.05, 3.63) is 22.9 Å². The Kier molecular flexibility index (Phi) is 4.52. The molecule has 1 aromatic rings. The lowest BCUT2D eigenvalue weighted by Gasteiger charge is -2.19. The van der Waals surface area contributed by atoms with Crippen molar-refractivity contribution in [3.63, 3.8) is 0 Å². The van der Waals surface area contributed by atoms with Crippen molar-refractivity contribution in [2.45, 2.75) is 47.6 Å². The molecule has 0 aromatic carbocycles. The summed E-state index contributed by atoms with van der Waals surface area (Å²) in [6.07, 6.45) is 1.01. The van der Waals surface area contributed by atoms with Gasteiger partial charge < -0.3 is 10.5 Å². The first kappa shape index (κ1) is 14.0. The summed E-state index contributed by atoms with van der Waals surface area (Å²) >= 11 is 0. The molecule has 0 amide bonds. The minimum Gasteiger partial charge on any atom is -0.477 e. The van der Waals surface area contributed by atoms with Crippen LogP contribution in [0.15, 0.2) is 6.07 Å². The minimum atomic E-state index is 0.280. The molecule has 0 aliphatic rings. The SMILES string of the molecule is Cc1cc(C)c(CN)c(OCCC(C)(C)C)n1. The van der Waals surface area contributed by atoms with E-state index in [0.717, 1.165) is 23.2 Å². The van der Waals surface area contributed by atoms with Gasteiger partial charge in [-0.1, -0.05) is 20.8 Å². The summed E-state index contributed by atoms with van der Waals surface area (Å²) in [4.78, 5) is 4.42. The zero-order valence-electron chi connectivity index (χ0n) is 11.6. The third kappa shape index (κ3) is 4.35. The van der Waals surface area contributed by atoms with Crippen LogP contribution >= 0.6 is 0 Å². The van der Waals surface area contributed by atoms with E-state index in [-0.39, 0.29) is 5.41 Å². The van der Waals surface area contributed by atoms with Gasteiger partial charge in [-0.15, -0.1) is 0 Å². The van der Waals surface area contributed by atoms with Crippen molar-refractivity contribution < 1.29 is 4.74 Å². The van der Waals surface area contributed by atoms with E-state index in [1.807, 2.05) is 19.9 Å². The molecule has 0 atom stereocenters. The van der Waals surface area contributed by atoms with Gasteiger partial charge in [0, 0.05) is 17.8 Å².